The topological polar surface area (TPSA) is 25.8 Å². The lowest BCUT2D eigenvalue weighted by Gasteiger charge is -2.28. The fraction of sp³-hybridized carbons (Fsp3) is 0.429. The van der Waals surface area contributed by atoms with E-state index in [1.54, 1.807) is 0 Å². The summed E-state index contributed by atoms with van der Waals surface area (Å²) in [7, 11) is 0. The van der Waals surface area contributed by atoms with Crippen molar-refractivity contribution in [2.24, 2.45) is 0 Å². The molecule has 0 radical (unpaired) electrons. The van der Waals surface area contributed by atoms with Crippen LogP contribution in [0.2, 0.25) is 0 Å². The molecule has 0 N–H and O–H groups in total. The SMILES string of the molecule is CCC(C)(C)c1cc(C(C)(C)C)nc2c1ccc1cccnc12. The normalized spacial score (nSPS) is 13.0. The molecule has 2 heteroatoms. The van der Waals surface area contributed by atoms with Gasteiger partial charge in [0.25, 0.3) is 0 Å². The van der Waals surface area contributed by atoms with Crippen LogP contribution in [0, 0.1) is 0 Å². The van der Waals surface area contributed by atoms with Crippen LogP contribution in [0.4, 0.5) is 0 Å². The van der Waals surface area contributed by atoms with Gasteiger partial charge in [-0.15, -0.1) is 0 Å². The minimum atomic E-state index is 0.0176. The van der Waals surface area contributed by atoms with E-state index >= 15 is 0 Å². The summed E-state index contributed by atoms with van der Waals surface area (Å²) in [4.78, 5) is 9.64. The molecule has 0 saturated heterocycles. The highest BCUT2D eigenvalue weighted by molar-refractivity contribution is 6.04. The quantitative estimate of drug-likeness (QED) is 0.562. The lowest BCUT2D eigenvalue weighted by Crippen LogP contribution is -2.20. The van der Waals surface area contributed by atoms with Gasteiger partial charge >= 0.3 is 0 Å². The van der Waals surface area contributed by atoms with Crippen molar-refractivity contribution in [2.45, 2.75) is 58.8 Å². The van der Waals surface area contributed by atoms with Gasteiger partial charge in [-0.2, -0.15) is 0 Å². The molecule has 0 aliphatic rings. The van der Waals surface area contributed by atoms with Crippen molar-refractivity contribution in [3.05, 3.63) is 47.8 Å². The first-order chi connectivity index (χ1) is 10.7. The van der Waals surface area contributed by atoms with Crippen molar-refractivity contribution in [2.75, 3.05) is 0 Å². The molecule has 0 atom stereocenters. The number of fused-ring (bicyclic) bond motifs is 3. The van der Waals surface area contributed by atoms with E-state index in [9.17, 15) is 0 Å². The summed E-state index contributed by atoms with van der Waals surface area (Å²) in [6.07, 6.45) is 2.95. The molecular weight excluding hydrogens is 280 g/mol. The number of hydrogen-bond acceptors (Lipinski definition) is 2. The van der Waals surface area contributed by atoms with E-state index in [-0.39, 0.29) is 10.8 Å². The Bertz CT molecular complexity index is 870. The third-order valence-corrected chi connectivity index (χ3v) is 4.93. The average Bonchev–Trinajstić information content (AvgIpc) is 2.52. The Hall–Kier alpha value is -1.96. The maximum absolute atomic E-state index is 5.02. The Morgan fingerprint density at radius 2 is 1.70 bits per heavy atom. The molecule has 0 fully saturated rings. The zero-order valence-corrected chi connectivity index (χ0v) is 15.1. The van der Waals surface area contributed by atoms with Crippen molar-refractivity contribution in [1.82, 2.24) is 9.97 Å². The standard InChI is InChI=1S/C21H26N2/c1-7-21(5,6)16-13-17(20(2,3)4)23-19-15(16)11-10-14-9-8-12-22-18(14)19/h8-13H,7H2,1-6H3. The maximum Gasteiger partial charge on any atom is 0.0971 e. The van der Waals surface area contributed by atoms with Crippen LogP contribution < -0.4 is 0 Å². The maximum atomic E-state index is 5.02. The Balaban J connectivity index is 2.49. The molecule has 3 aromatic rings. The molecule has 2 aromatic heterocycles. The van der Waals surface area contributed by atoms with Crippen LogP contribution in [0.5, 0.6) is 0 Å². The van der Waals surface area contributed by atoms with Gasteiger partial charge < -0.3 is 0 Å². The van der Waals surface area contributed by atoms with Gasteiger partial charge in [-0.25, -0.2) is 4.98 Å². The van der Waals surface area contributed by atoms with Crippen molar-refractivity contribution < 1.29 is 0 Å². The molecule has 0 aliphatic carbocycles. The zero-order valence-electron chi connectivity index (χ0n) is 15.1. The van der Waals surface area contributed by atoms with Crippen LogP contribution in [0.3, 0.4) is 0 Å². The van der Waals surface area contributed by atoms with Crippen LogP contribution in [0.15, 0.2) is 36.5 Å². The Kier molecular flexibility index (Phi) is 3.66. The monoisotopic (exact) mass is 306 g/mol. The smallest absolute Gasteiger partial charge is 0.0971 e. The minimum Gasteiger partial charge on any atom is -0.254 e. The Morgan fingerprint density at radius 1 is 0.957 bits per heavy atom. The second-order valence-corrected chi connectivity index (χ2v) is 8.08. The van der Waals surface area contributed by atoms with E-state index in [4.69, 9.17) is 4.98 Å². The predicted molar refractivity (Wildman–Crippen MR) is 99.1 cm³/mol. The van der Waals surface area contributed by atoms with Crippen LogP contribution in [-0.2, 0) is 10.8 Å². The summed E-state index contributed by atoms with van der Waals surface area (Å²) >= 11 is 0. The van der Waals surface area contributed by atoms with E-state index in [0.29, 0.717) is 0 Å². The van der Waals surface area contributed by atoms with E-state index in [1.165, 1.54) is 10.9 Å². The lowest BCUT2D eigenvalue weighted by atomic mass is 9.78. The number of aromatic nitrogens is 2. The van der Waals surface area contributed by atoms with Gasteiger partial charge in [0.15, 0.2) is 0 Å². The molecule has 0 spiro atoms. The third-order valence-electron chi connectivity index (χ3n) is 4.93. The molecule has 0 amide bonds. The first kappa shape index (κ1) is 15.9. The number of pyridine rings is 2. The second kappa shape index (κ2) is 5.30. The number of nitrogens with zero attached hydrogens (tertiary/aromatic N) is 2. The van der Waals surface area contributed by atoms with Gasteiger partial charge in [0.05, 0.1) is 11.0 Å². The van der Waals surface area contributed by atoms with Gasteiger partial charge in [-0.1, -0.05) is 59.7 Å². The molecule has 23 heavy (non-hydrogen) atoms. The number of hydrogen-bond donors (Lipinski definition) is 0. The first-order valence-corrected chi connectivity index (χ1v) is 8.43. The molecule has 0 bridgehead atoms. The van der Waals surface area contributed by atoms with Crippen LogP contribution in [0.1, 0.15) is 59.2 Å². The minimum absolute atomic E-state index is 0.0176. The fourth-order valence-corrected chi connectivity index (χ4v) is 2.96. The second-order valence-electron chi connectivity index (χ2n) is 8.08. The summed E-state index contributed by atoms with van der Waals surface area (Å²) in [5.41, 5.74) is 4.69. The zero-order chi connectivity index (χ0) is 16.8. The summed E-state index contributed by atoms with van der Waals surface area (Å²) in [5.74, 6) is 0. The highest BCUT2D eigenvalue weighted by atomic mass is 14.8. The lowest BCUT2D eigenvalue weighted by molar-refractivity contribution is 0.504. The molecule has 0 aliphatic heterocycles. The van der Waals surface area contributed by atoms with E-state index < -0.39 is 0 Å². The Morgan fingerprint density at radius 3 is 2.35 bits per heavy atom. The summed E-state index contributed by atoms with van der Waals surface area (Å²) < 4.78 is 0. The van der Waals surface area contributed by atoms with Gasteiger partial charge in [-0.3, -0.25) is 4.98 Å². The van der Waals surface area contributed by atoms with Crippen molar-refractivity contribution in [1.29, 1.82) is 0 Å². The van der Waals surface area contributed by atoms with Crippen LogP contribution in [0.25, 0.3) is 21.8 Å². The van der Waals surface area contributed by atoms with Crippen LogP contribution >= 0.6 is 0 Å². The highest BCUT2D eigenvalue weighted by Crippen LogP contribution is 2.37. The molecule has 1 aromatic carbocycles. The van der Waals surface area contributed by atoms with Crippen molar-refractivity contribution in [3.8, 4) is 0 Å². The molecule has 2 heterocycles. The van der Waals surface area contributed by atoms with E-state index in [0.717, 1.165) is 28.5 Å². The van der Waals surface area contributed by atoms with Gasteiger partial charge in [-0.05, 0) is 29.5 Å². The van der Waals surface area contributed by atoms with Gasteiger partial charge in [0.2, 0.25) is 0 Å². The summed E-state index contributed by atoms with van der Waals surface area (Å²) in [5, 5.41) is 2.38. The van der Waals surface area contributed by atoms with Gasteiger partial charge in [0.1, 0.15) is 0 Å². The first-order valence-electron chi connectivity index (χ1n) is 8.43. The van der Waals surface area contributed by atoms with Crippen LogP contribution in [-0.4, -0.2) is 9.97 Å². The molecule has 2 nitrogen and oxygen atoms in total. The number of rotatable bonds is 2. The van der Waals surface area contributed by atoms with Crippen molar-refractivity contribution >= 4 is 21.8 Å². The Labute approximate surface area is 139 Å². The fourth-order valence-electron chi connectivity index (χ4n) is 2.96. The van der Waals surface area contributed by atoms with E-state index in [2.05, 4.69) is 70.8 Å². The molecule has 0 unspecified atom stereocenters. The number of benzene rings is 1. The van der Waals surface area contributed by atoms with Gasteiger partial charge in [0, 0.05) is 28.1 Å². The predicted octanol–water partition coefficient (Wildman–Crippen LogP) is 5.77. The largest absolute Gasteiger partial charge is 0.254 e. The highest BCUT2D eigenvalue weighted by Gasteiger charge is 2.26. The molecule has 120 valence electrons. The van der Waals surface area contributed by atoms with Crippen molar-refractivity contribution in [3.63, 3.8) is 0 Å². The van der Waals surface area contributed by atoms with E-state index in [1.807, 2.05) is 12.3 Å². The third kappa shape index (κ3) is 2.71. The summed E-state index contributed by atoms with van der Waals surface area (Å²) in [6.45, 7) is 13.6. The molecular formula is C21H26N2. The summed E-state index contributed by atoms with van der Waals surface area (Å²) in [6, 6.07) is 10.8. The molecule has 3 rings (SSSR count). The molecule has 0 saturated carbocycles. The average molecular weight is 306 g/mol.